The zero-order valence-electron chi connectivity index (χ0n) is 13.7. The molecule has 0 aliphatic carbocycles. The lowest BCUT2D eigenvalue weighted by Crippen LogP contribution is -2.22. The maximum absolute atomic E-state index is 12.2. The van der Waals surface area contributed by atoms with Gasteiger partial charge in [0.15, 0.2) is 0 Å². The van der Waals surface area contributed by atoms with Crippen molar-refractivity contribution in [1.29, 1.82) is 0 Å². The van der Waals surface area contributed by atoms with E-state index in [2.05, 4.69) is 20.9 Å². The maximum Gasteiger partial charge on any atom is 0.243 e. The molecule has 2 aromatic carbocycles. The van der Waals surface area contributed by atoms with Crippen molar-refractivity contribution < 1.29 is 9.59 Å². The molecule has 0 aliphatic rings. The molecule has 0 aliphatic heterocycles. The summed E-state index contributed by atoms with van der Waals surface area (Å²) in [5.41, 5.74) is 2.86. The SMILES string of the molecule is CC(=O)Nc1cccc(NCC(=O)Nc2cccc3cccnc23)c1. The largest absolute Gasteiger partial charge is 0.376 e. The number of aromatic nitrogens is 1. The van der Waals surface area contributed by atoms with Gasteiger partial charge in [0.25, 0.3) is 0 Å². The summed E-state index contributed by atoms with van der Waals surface area (Å²) in [5, 5.41) is 9.58. The summed E-state index contributed by atoms with van der Waals surface area (Å²) in [4.78, 5) is 27.6. The van der Waals surface area contributed by atoms with Crippen molar-refractivity contribution >= 4 is 39.8 Å². The summed E-state index contributed by atoms with van der Waals surface area (Å²) in [6.45, 7) is 1.55. The van der Waals surface area contributed by atoms with Crippen LogP contribution in [0.5, 0.6) is 0 Å². The second kappa shape index (κ2) is 7.44. The first kappa shape index (κ1) is 16.4. The van der Waals surface area contributed by atoms with E-state index in [0.29, 0.717) is 11.4 Å². The fraction of sp³-hybridized carbons (Fsp3) is 0.105. The molecule has 6 heteroatoms. The van der Waals surface area contributed by atoms with Gasteiger partial charge in [0.1, 0.15) is 0 Å². The number of hydrogen-bond acceptors (Lipinski definition) is 4. The number of hydrogen-bond donors (Lipinski definition) is 3. The Morgan fingerprint density at radius 1 is 0.960 bits per heavy atom. The molecule has 0 bridgehead atoms. The van der Waals surface area contributed by atoms with Gasteiger partial charge in [-0.05, 0) is 30.3 Å². The van der Waals surface area contributed by atoms with E-state index in [4.69, 9.17) is 0 Å². The van der Waals surface area contributed by atoms with Gasteiger partial charge in [-0.2, -0.15) is 0 Å². The average molecular weight is 334 g/mol. The summed E-state index contributed by atoms with van der Waals surface area (Å²) >= 11 is 0. The number of para-hydroxylation sites is 1. The number of carbonyl (C=O) groups is 2. The van der Waals surface area contributed by atoms with Gasteiger partial charge >= 0.3 is 0 Å². The second-order valence-electron chi connectivity index (χ2n) is 5.54. The molecule has 1 aromatic heterocycles. The number of pyridine rings is 1. The van der Waals surface area contributed by atoms with E-state index >= 15 is 0 Å². The van der Waals surface area contributed by atoms with Crippen molar-refractivity contribution in [1.82, 2.24) is 4.98 Å². The highest BCUT2D eigenvalue weighted by Gasteiger charge is 2.07. The molecule has 0 saturated heterocycles. The number of nitrogens with one attached hydrogen (secondary N) is 3. The third-order valence-corrected chi connectivity index (χ3v) is 3.54. The van der Waals surface area contributed by atoms with E-state index in [0.717, 1.165) is 16.6 Å². The van der Waals surface area contributed by atoms with Gasteiger partial charge in [-0.1, -0.05) is 24.3 Å². The maximum atomic E-state index is 12.2. The number of nitrogens with zero attached hydrogens (tertiary/aromatic N) is 1. The lowest BCUT2D eigenvalue weighted by atomic mass is 10.2. The van der Waals surface area contributed by atoms with Crippen LogP contribution in [0.2, 0.25) is 0 Å². The molecule has 2 amide bonds. The lowest BCUT2D eigenvalue weighted by molar-refractivity contribution is -0.115. The second-order valence-corrected chi connectivity index (χ2v) is 5.54. The summed E-state index contributed by atoms with van der Waals surface area (Å²) in [5.74, 6) is -0.318. The molecule has 1 heterocycles. The minimum Gasteiger partial charge on any atom is -0.376 e. The van der Waals surface area contributed by atoms with E-state index in [1.165, 1.54) is 6.92 Å². The molecule has 0 fully saturated rings. The minimum atomic E-state index is -0.178. The Bertz CT molecular complexity index is 919. The van der Waals surface area contributed by atoms with E-state index in [1.54, 1.807) is 24.4 Å². The van der Waals surface area contributed by atoms with E-state index in [1.807, 2.05) is 36.4 Å². The van der Waals surface area contributed by atoms with Crippen LogP contribution in [0.1, 0.15) is 6.92 Å². The predicted octanol–water partition coefficient (Wildman–Crippen LogP) is 3.24. The third kappa shape index (κ3) is 4.32. The van der Waals surface area contributed by atoms with Crippen LogP contribution in [0.15, 0.2) is 60.8 Å². The van der Waals surface area contributed by atoms with E-state index in [9.17, 15) is 9.59 Å². The van der Waals surface area contributed by atoms with Crippen molar-refractivity contribution in [2.24, 2.45) is 0 Å². The fourth-order valence-corrected chi connectivity index (χ4v) is 2.49. The molecule has 0 saturated carbocycles. The zero-order chi connectivity index (χ0) is 17.6. The minimum absolute atomic E-state index is 0.104. The summed E-state index contributed by atoms with van der Waals surface area (Å²) in [6.07, 6.45) is 1.70. The Balaban J connectivity index is 1.64. The first-order chi connectivity index (χ1) is 12.1. The highest BCUT2D eigenvalue weighted by molar-refractivity contribution is 6.01. The topological polar surface area (TPSA) is 83.1 Å². The molecule has 126 valence electrons. The monoisotopic (exact) mass is 334 g/mol. The molecular formula is C19H18N4O2. The van der Waals surface area contributed by atoms with Gasteiger partial charge in [-0.3, -0.25) is 14.6 Å². The lowest BCUT2D eigenvalue weighted by Gasteiger charge is -2.10. The molecule has 0 spiro atoms. The number of carbonyl (C=O) groups excluding carboxylic acids is 2. The van der Waals surface area contributed by atoms with E-state index < -0.39 is 0 Å². The van der Waals surface area contributed by atoms with Gasteiger partial charge in [0.2, 0.25) is 11.8 Å². The number of anilines is 3. The number of benzene rings is 2. The van der Waals surface area contributed by atoms with E-state index in [-0.39, 0.29) is 18.4 Å². The van der Waals surface area contributed by atoms with Gasteiger partial charge in [0, 0.05) is 29.9 Å². The molecule has 3 rings (SSSR count). The molecule has 0 atom stereocenters. The van der Waals surface area contributed by atoms with Crippen LogP contribution < -0.4 is 16.0 Å². The Morgan fingerprint density at radius 2 is 1.72 bits per heavy atom. The number of amides is 2. The van der Waals surface area contributed by atoms with Crippen molar-refractivity contribution in [3.05, 3.63) is 60.8 Å². The number of fused-ring (bicyclic) bond motifs is 1. The predicted molar refractivity (Wildman–Crippen MR) is 99.6 cm³/mol. The first-order valence-electron chi connectivity index (χ1n) is 7.87. The van der Waals surface area contributed by atoms with Gasteiger partial charge < -0.3 is 16.0 Å². The fourth-order valence-electron chi connectivity index (χ4n) is 2.49. The summed E-state index contributed by atoms with van der Waals surface area (Å²) in [6, 6.07) is 16.7. The van der Waals surface area contributed by atoms with Crippen LogP contribution in [0.4, 0.5) is 17.1 Å². The zero-order valence-corrected chi connectivity index (χ0v) is 13.7. The first-order valence-corrected chi connectivity index (χ1v) is 7.87. The van der Waals surface area contributed by atoms with Gasteiger partial charge in [0.05, 0.1) is 17.7 Å². The molecule has 0 radical (unpaired) electrons. The van der Waals surface area contributed by atoms with Gasteiger partial charge in [-0.25, -0.2) is 0 Å². The average Bonchev–Trinajstić information content (AvgIpc) is 2.60. The molecule has 3 N–H and O–H groups in total. The Hall–Kier alpha value is -3.41. The normalized spacial score (nSPS) is 10.3. The highest BCUT2D eigenvalue weighted by Crippen LogP contribution is 2.20. The molecule has 3 aromatic rings. The van der Waals surface area contributed by atoms with Crippen molar-refractivity contribution in [2.45, 2.75) is 6.92 Å². The van der Waals surface area contributed by atoms with Crippen LogP contribution in [0, 0.1) is 0 Å². The Morgan fingerprint density at radius 3 is 2.56 bits per heavy atom. The molecular weight excluding hydrogens is 316 g/mol. The van der Waals surface area contributed by atoms with Crippen molar-refractivity contribution in [3.8, 4) is 0 Å². The van der Waals surface area contributed by atoms with Crippen LogP contribution in [-0.2, 0) is 9.59 Å². The Labute approximate surface area is 145 Å². The van der Waals surface area contributed by atoms with Crippen LogP contribution >= 0.6 is 0 Å². The third-order valence-electron chi connectivity index (χ3n) is 3.54. The molecule has 6 nitrogen and oxygen atoms in total. The molecule has 0 unspecified atom stereocenters. The van der Waals surface area contributed by atoms with Crippen molar-refractivity contribution in [3.63, 3.8) is 0 Å². The van der Waals surface area contributed by atoms with Gasteiger partial charge in [-0.15, -0.1) is 0 Å². The summed E-state index contributed by atoms with van der Waals surface area (Å²) < 4.78 is 0. The smallest absolute Gasteiger partial charge is 0.243 e. The highest BCUT2D eigenvalue weighted by atomic mass is 16.2. The standard InChI is InChI=1S/C19H18N4O2/c1-13(24)22-16-8-3-7-15(11-16)21-12-18(25)23-17-9-2-5-14-6-4-10-20-19(14)17/h2-11,21H,12H2,1H3,(H,22,24)(H,23,25). The number of rotatable bonds is 5. The van der Waals surface area contributed by atoms with Crippen LogP contribution in [-0.4, -0.2) is 23.3 Å². The van der Waals surface area contributed by atoms with Crippen molar-refractivity contribution in [2.75, 3.05) is 22.5 Å². The van der Waals surface area contributed by atoms with Crippen LogP contribution in [0.25, 0.3) is 10.9 Å². The Kier molecular flexibility index (Phi) is 4.89. The quantitative estimate of drug-likeness (QED) is 0.669. The molecule has 25 heavy (non-hydrogen) atoms. The van der Waals surface area contributed by atoms with Crippen LogP contribution in [0.3, 0.4) is 0 Å². The summed E-state index contributed by atoms with van der Waals surface area (Å²) in [7, 11) is 0.